The monoisotopic (exact) mass is 352 g/mol. The number of carbonyl (C=O) groups excluding carboxylic acids is 1. The molecule has 0 radical (unpaired) electrons. The first-order valence-corrected chi connectivity index (χ1v) is 9.77. The van der Waals surface area contributed by atoms with Crippen LogP contribution in [0, 0.1) is 0 Å². The Bertz CT molecular complexity index is 803. The predicted molar refractivity (Wildman–Crippen MR) is 104 cm³/mol. The van der Waals surface area contributed by atoms with Crippen LogP contribution in [-0.2, 0) is 6.42 Å². The summed E-state index contributed by atoms with van der Waals surface area (Å²) in [5.74, 6) is 0.696. The van der Waals surface area contributed by atoms with Crippen molar-refractivity contribution in [3.63, 3.8) is 0 Å². The highest BCUT2D eigenvalue weighted by atomic mass is 16.1. The van der Waals surface area contributed by atoms with Gasteiger partial charge in [0.25, 0.3) is 0 Å². The second kappa shape index (κ2) is 8.43. The second-order valence-electron chi connectivity index (χ2n) is 7.60. The molecule has 1 aliphatic rings. The molecule has 0 aliphatic heterocycles. The molecule has 1 saturated carbocycles. The summed E-state index contributed by atoms with van der Waals surface area (Å²) in [7, 11) is 0. The Balaban J connectivity index is 1.90. The molecule has 4 nitrogen and oxygen atoms in total. The molecule has 1 aromatic carbocycles. The average molecular weight is 352 g/mol. The van der Waals surface area contributed by atoms with Crippen LogP contribution in [0.5, 0.6) is 0 Å². The van der Waals surface area contributed by atoms with Crippen molar-refractivity contribution in [3.05, 3.63) is 63.3 Å². The minimum atomic E-state index is -0.257. The molecular formula is C22H28N2O2. The number of aromatic nitrogens is 2. The van der Waals surface area contributed by atoms with Crippen LogP contribution >= 0.6 is 0 Å². The Kier molecular flexibility index (Phi) is 6.02. The maximum atomic E-state index is 12.6. The van der Waals surface area contributed by atoms with Gasteiger partial charge in [0.05, 0.1) is 5.69 Å². The molecule has 1 fully saturated rings. The molecule has 0 atom stereocenters. The van der Waals surface area contributed by atoms with E-state index in [-0.39, 0.29) is 17.4 Å². The zero-order chi connectivity index (χ0) is 18.5. The van der Waals surface area contributed by atoms with Crippen LogP contribution in [0.15, 0.2) is 35.1 Å². The van der Waals surface area contributed by atoms with Crippen LogP contribution in [-0.4, -0.2) is 15.8 Å². The van der Waals surface area contributed by atoms with E-state index in [0.29, 0.717) is 18.8 Å². The van der Waals surface area contributed by atoms with E-state index >= 15 is 0 Å². The summed E-state index contributed by atoms with van der Waals surface area (Å²) in [5.41, 5.74) is 3.47. The molecule has 1 heterocycles. The lowest BCUT2D eigenvalue weighted by molar-refractivity contribution is 0.0982. The lowest BCUT2D eigenvalue weighted by atomic mass is 9.83. The third kappa shape index (κ3) is 4.29. The number of benzene rings is 1. The second-order valence-corrected chi connectivity index (χ2v) is 7.60. The zero-order valence-corrected chi connectivity index (χ0v) is 15.8. The Morgan fingerprint density at radius 1 is 1.15 bits per heavy atom. The number of nitrogens with zero attached hydrogens (tertiary/aromatic N) is 1. The third-order valence-electron chi connectivity index (χ3n) is 5.36. The van der Waals surface area contributed by atoms with Gasteiger partial charge in [-0.05, 0) is 36.7 Å². The number of nitrogens with one attached hydrogen (secondary N) is 1. The van der Waals surface area contributed by atoms with Gasteiger partial charge >= 0.3 is 5.69 Å². The maximum absolute atomic E-state index is 12.6. The van der Waals surface area contributed by atoms with Crippen LogP contribution in [0.25, 0.3) is 0 Å². The first-order valence-electron chi connectivity index (χ1n) is 9.77. The molecule has 1 aromatic heterocycles. The van der Waals surface area contributed by atoms with Crippen LogP contribution in [0.4, 0.5) is 0 Å². The van der Waals surface area contributed by atoms with Gasteiger partial charge in [-0.25, -0.2) is 4.79 Å². The first kappa shape index (κ1) is 18.6. The molecule has 0 spiro atoms. The van der Waals surface area contributed by atoms with E-state index in [1.54, 1.807) is 0 Å². The quantitative estimate of drug-likeness (QED) is 0.763. The summed E-state index contributed by atoms with van der Waals surface area (Å²) < 4.78 is 0. The molecule has 1 N–H and O–H groups in total. The SMILES string of the molecule is CC(C)c1nc(=O)[nH]c(C2CCCCC2)c1CCC(=O)c1ccccc1. The van der Waals surface area contributed by atoms with E-state index in [2.05, 4.69) is 23.8 Å². The highest BCUT2D eigenvalue weighted by Crippen LogP contribution is 2.35. The molecule has 0 unspecified atom stereocenters. The molecule has 1 aliphatic carbocycles. The van der Waals surface area contributed by atoms with Crippen molar-refractivity contribution < 1.29 is 4.79 Å². The summed E-state index contributed by atoms with van der Waals surface area (Å²) in [6.07, 6.45) is 6.97. The standard InChI is InChI=1S/C22H28N2O2/c1-15(2)20-18(13-14-19(25)16-9-5-3-6-10-16)21(24-22(26)23-20)17-11-7-4-8-12-17/h3,5-6,9-10,15,17H,4,7-8,11-14H2,1-2H3,(H,23,24,26). The minimum absolute atomic E-state index is 0.140. The number of hydrogen-bond acceptors (Lipinski definition) is 3. The third-order valence-corrected chi connectivity index (χ3v) is 5.36. The molecule has 26 heavy (non-hydrogen) atoms. The van der Waals surface area contributed by atoms with E-state index in [0.717, 1.165) is 35.4 Å². The summed E-state index contributed by atoms with van der Waals surface area (Å²) in [6, 6.07) is 9.42. The van der Waals surface area contributed by atoms with Crippen molar-refractivity contribution in [2.45, 2.75) is 70.6 Å². The van der Waals surface area contributed by atoms with Crippen molar-refractivity contribution in [2.75, 3.05) is 0 Å². The lowest BCUT2D eigenvalue weighted by Crippen LogP contribution is -2.23. The zero-order valence-electron chi connectivity index (χ0n) is 15.8. The molecule has 0 amide bonds. The summed E-state index contributed by atoms with van der Waals surface area (Å²) >= 11 is 0. The van der Waals surface area contributed by atoms with Gasteiger partial charge in [0.1, 0.15) is 0 Å². The normalized spacial score (nSPS) is 15.3. The Morgan fingerprint density at radius 3 is 2.50 bits per heavy atom. The number of rotatable bonds is 6. The van der Waals surface area contributed by atoms with Crippen molar-refractivity contribution in [1.82, 2.24) is 9.97 Å². The topological polar surface area (TPSA) is 62.8 Å². The molecule has 0 saturated heterocycles. The van der Waals surface area contributed by atoms with Crippen LogP contribution in [0.1, 0.15) is 91.5 Å². The van der Waals surface area contributed by atoms with Crippen molar-refractivity contribution in [2.24, 2.45) is 0 Å². The summed E-state index contributed by atoms with van der Waals surface area (Å²) in [5, 5.41) is 0. The Morgan fingerprint density at radius 2 is 1.85 bits per heavy atom. The summed E-state index contributed by atoms with van der Waals surface area (Å²) in [4.78, 5) is 32.0. The van der Waals surface area contributed by atoms with E-state index < -0.39 is 0 Å². The van der Waals surface area contributed by atoms with Gasteiger partial charge in [0, 0.05) is 17.7 Å². The van der Waals surface area contributed by atoms with Crippen molar-refractivity contribution in [1.29, 1.82) is 0 Å². The molecule has 138 valence electrons. The van der Waals surface area contributed by atoms with Gasteiger partial charge in [-0.15, -0.1) is 0 Å². The van der Waals surface area contributed by atoms with E-state index in [1.807, 2.05) is 30.3 Å². The Labute approximate surface area is 155 Å². The fourth-order valence-corrected chi connectivity index (χ4v) is 4.02. The van der Waals surface area contributed by atoms with Crippen molar-refractivity contribution >= 4 is 5.78 Å². The fraction of sp³-hybridized carbons (Fsp3) is 0.500. The van der Waals surface area contributed by atoms with Gasteiger partial charge in [-0.1, -0.05) is 63.4 Å². The van der Waals surface area contributed by atoms with E-state index in [4.69, 9.17) is 0 Å². The highest BCUT2D eigenvalue weighted by molar-refractivity contribution is 5.96. The number of hydrogen-bond donors (Lipinski definition) is 1. The van der Waals surface area contributed by atoms with Crippen LogP contribution in [0.3, 0.4) is 0 Å². The number of ketones is 1. The first-order chi connectivity index (χ1) is 12.6. The molecule has 0 bridgehead atoms. The molecular weight excluding hydrogens is 324 g/mol. The van der Waals surface area contributed by atoms with Gasteiger partial charge in [0.2, 0.25) is 0 Å². The van der Waals surface area contributed by atoms with Crippen molar-refractivity contribution in [3.8, 4) is 0 Å². The largest absolute Gasteiger partial charge is 0.345 e. The molecule has 3 rings (SSSR count). The predicted octanol–water partition coefficient (Wildman–Crippen LogP) is 4.76. The van der Waals surface area contributed by atoms with Crippen LogP contribution in [0.2, 0.25) is 0 Å². The average Bonchev–Trinajstić information content (AvgIpc) is 2.67. The van der Waals surface area contributed by atoms with Gasteiger partial charge < -0.3 is 4.98 Å². The van der Waals surface area contributed by atoms with E-state index in [9.17, 15) is 9.59 Å². The fourth-order valence-electron chi connectivity index (χ4n) is 4.02. The lowest BCUT2D eigenvalue weighted by Gasteiger charge is -2.25. The maximum Gasteiger partial charge on any atom is 0.345 e. The number of H-pyrrole nitrogens is 1. The number of Topliss-reactive ketones (excluding diaryl/α,β-unsaturated/α-hetero) is 1. The molecule has 4 heteroatoms. The number of carbonyl (C=O) groups is 1. The Hall–Kier alpha value is -2.23. The van der Waals surface area contributed by atoms with Crippen LogP contribution < -0.4 is 5.69 Å². The highest BCUT2D eigenvalue weighted by Gasteiger charge is 2.24. The van der Waals surface area contributed by atoms with E-state index in [1.165, 1.54) is 19.3 Å². The van der Waals surface area contributed by atoms with Gasteiger partial charge in [-0.3, -0.25) is 4.79 Å². The minimum Gasteiger partial charge on any atom is -0.309 e. The van der Waals surface area contributed by atoms with Gasteiger partial charge in [-0.2, -0.15) is 4.98 Å². The number of aromatic amines is 1. The summed E-state index contributed by atoms with van der Waals surface area (Å²) in [6.45, 7) is 4.13. The smallest absolute Gasteiger partial charge is 0.309 e. The van der Waals surface area contributed by atoms with Gasteiger partial charge in [0.15, 0.2) is 5.78 Å². The molecule has 2 aromatic rings.